The van der Waals surface area contributed by atoms with Gasteiger partial charge >= 0.3 is 0 Å². The summed E-state index contributed by atoms with van der Waals surface area (Å²) in [5.74, 6) is 2.57. The Labute approximate surface area is 93.7 Å². The van der Waals surface area contributed by atoms with Crippen molar-refractivity contribution in [1.29, 1.82) is 0 Å². The topological polar surface area (TPSA) is 12.9 Å². The molecule has 2 heteroatoms. The third kappa shape index (κ3) is 2.01. The summed E-state index contributed by atoms with van der Waals surface area (Å²) in [7, 11) is 0. The number of hydrogen-bond donors (Lipinski definition) is 0. The molecule has 1 nitrogen and oxygen atoms in total. The maximum absolute atomic E-state index is 6.06. The molecule has 0 unspecified atom stereocenters. The van der Waals surface area contributed by atoms with Crippen LogP contribution in [-0.2, 0) is 0 Å². The van der Waals surface area contributed by atoms with Crippen LogP contribution in [0.4, 0.5) is 0 Å². The molecule has 1 heterocycles. The van der Waals surface area contributed by atoms with Crippen molar-refractivity contribution in [2.45, 2.75) is 0 Å². The van der Waals surface area contributed by atoms with E-state index in [1.54, 1.807) is 12.3 Å². The summed E-state index contributed by atoms with van der Waals surface area (Å²) < 4.78 is 0. The first-order chi connectivity index (χ1) is 7.31. The fourth-order valence-corrected chi connectivity index (χ4v) is 1.57. The van der Waals surface area contributed by atoms with E-state index in [1.807, 2.05) is 30.3 Å². The molecule has 0 N–H and O–H groups in total. The third-order valence-electron chi connectivity index (χ3n) is 2.08. The number of halogens is 1. The number of aromatic nitrogens is 1. The van der Waals surface area contributed by atoms with Gasteiger partial charge in [-0.25, -0.2) is 0 Å². The number of benzene rings is 1. The Morgan fingerprint density at radius 2 is 2.00 bits per heavy atom. The van der Waals surface area contributed by atoms with E-state index in [0.717, 1.165) is 16.8 Å². The summed E-state index contributed by atoms with van der Waals surface area (Å²) >= 11 is 6.06. The zero-order valence-electron chi connectivity index (χ0n) is 7.94. The van der Waals surface area contributed by atoms with Crippen LogP contribution in [0.3, 0.4) is 0 Å². The SMILES string of the molecule is C#Cc1ccnc(-c2ccccc2Cl)c1. The highest BCUT2D eigenvalue weighted by Gasteiger charge is 2.03. The molecule has 0 atom stereocenters. The molecule has 1 aromatic carbocycles. The molecular formula is C13H8ClN. The van der Waals surface area contributed by atoms with Crippen LogP contribution in [0.2, 0.25) is 5.02 Å². The van der Waals surface area contributed by atoms with Crippen molar-refractivity contribution in [3.05, 3.63) is 53.2 Å². The van der Waals surface area contributed by atoms with Gasteiger partial charge in [-0.3, -0.25) is 4.98 Å². The molecule has 15 heavy (non-hydrogen) atoms. The van der Waals surface area contributed by atoms with E-state index in [9.17, 15) is 0 Å². The van der Waals surface area contributed by atoms with E-state index in [0.29, 0.717) is 5.02 Å². The Hall–Kier alpha value is -1.78. The van der Waals surface area contributed by atoms with Gasteiger partial charge in [-0.2, -0.15) is 0 Å². The van der Waals surface area contributed by atoms with Crippen LogP contribution in [0.25, 0.3) is 11.3 Å². The summed E-state index contributed by atoms with van der Waals surface area (Å²) in [5, 5.41) is 0.680. The molecule has 0 saturated carbocycles. The van der Waals surface area contributed by atoms with E-state index in [-0.39, 0.29) is 0 Å². The van der Waals surface area contributed by atoms with Crippen molar-refractivity contribution in [2.75, 3.05) is 0 Å². The lowest BCUT2D eigenvalue weighted by Gasteiger charge is -2.03. The number of rotatable bonds is 1. The monoisotopic (exact) mass is 213 g/mol. The molecule has 0 fully saturated rings. The summed E-state index contributed by atoms with van der Waals surface area (Å²) in [6.07, 6.45) is 7.01. The zero-order valence-corrected chi connectivity index (χ0v) is 8.70. The molecule has 0 amide bonds. The molecule has 0 spiro atoms. The molecular weight excluding hydrogens is 206 g/mol. The van der Waals surface area contributed by atoms with Crippen molar-refractivity contribution in [3.63, 3.8) is 0 Å². The fourth-order valence-electron chi connectivity index (χ4n) is 1.34. The van der Waals surface area contributed by atoms with Gasteiger partial charge in [0.2, 0.25) is 0 Å². The highest BCUT2D eigenvalue weighted by atomic mass is 35.5. The van der Waals surface area contributed by atoms with Crippen LogP contribution in [0.1, 0.15) is 5.56 Å². The minimum atomic E-state index is 0.680. The molecule has 0 aliphatic carbocycles. The predicted molar refractivity (Wildman–Crippen MR) is 62.6 cm³/mol. The van der Waals surface area contributed by atoms with Gasteiger partial charge in [0.15, 0.2) is 0 Å². The maximum Gasteiger partial charge on any atom is 0.0729 e. The first kappa shape index (κ1) is 9.76. The van der Waals surface area contributed by atoms with E-state index in [4.69, 9.17) is 18.0 Å². The van der Waals surface area contributed by atoms with Gasteiger partial charge in [-0.05, 0) is 18.2 Å². The van der Waals surface area contributed by atoms with Crippen LogP contribution >= 0.6 is 11.6 Å². The molecule has 2 aromatic rings. The summed E-state index contributed by atoms with van der Waals surface area (Å²) in [4.78, 5) is 4.24. The number of pyridine rings is 1. The standard InChI is InChI=1S/C13H8ClN/c1-2-10-7-8-15-13(9-10)11-5-3-4-6-12(11)14/h1,3-9H. The van der Waals surface area contributed by atoms with Crippen molar-refractivity contribution in [3.8, 4) is 23.6 Å². The van der Waals surface area contributed by atoms with E-state index < -0.39 is 0 Å². The van der Waals surface area contributed by atoms with Crippen molar-refractivity contribution in [2.24, 2.45) is 0 Å². The Morgan fingerprint density at radius 1 is 1.20 bits per heavy atom. The van der Waals surface area contributed by atoms with Gasteiger partial charge < -0.3 is 0 Å². The Morgan fingerprint density at radius 3 is 2.73 bits per heavy atom. The minimum absolute atomic E-state index is 0.680. The van der Waals surface area contributed by atoms with Gasteiger partial charge in [-0.15, -0.1) is 6.42 Å². The second-order valence-corrected chi connectivity index (χ2v) is 3.46. The molecule has 0 aliphatic heterocycles. The molecule has 0 aliphatic rings. The van der Waals surface area contributed by atoms with Crippen LogP contribution in [0.5, 0.6) is 0 Å². The number of nitrogens with zero attached hydrogens (tertiary/aromatic N) is 1. The Kier molecular flexibility index (Phi) is 2.71. The summed E-state index contributed by atoms with van der Waals surface area (Å²) in [5.41, 5.74) is 2.51. The van der Waals surface area contributed by atoms with Gasteiger partial charge in [0.1, 0.15) is 0 Å². The normalized spacial score (nSPS) is 9.60. The quantitative estimate of drug-likeness (QED) is 0.662. The minimum Gasteiger partial charge on any atom is -0.256 e. The average Bonchev–Trinajstić information content (AvgIpc) is 2.30. The first-order valence-corrected chi connectivity index (χ1v) is 4.86. The van der Waals surface area contributed by atoms with Crippen LogP contribution in [0, 0.1) is 12.3 Å². The highest BCUT2D eigenvalue weighted by molar-refractivity contribution is 6.33. The van der Waals surface area contributed by atoms with Crippen molar-refractivity contribution in [1.82, 2.24) is 4.98 Å². The van der Waals surface area contributed by atoms with Crippen LogP contribution in [-0.4, -0.2) is 4.98 Å². The third-order valence-corrected chi connectivity index (χ3v) is 2.41. The van der Waals surface area contributed by atoms with Gasteiger partial charge in [-0.1, -0.05) is 35.7 Å². The van der Waals surface area contributed by atoms with E-state index in [2.05, 4.69) is 10.9 Å². The van der Waals surface area contributed by atoms with E-state index >= 15 is 0 Å². The molecule has 0 bridgehead atoms. The number of hydrogen-bond acceptors (Lipinski definition) is 1. The summed E-state index contributed by atoms with van der Waals surface area (Å²) in [6.45, 7) is 0. The Bertz CT molecular complexity index is 526. The summed E-state index contributed by atoms with van der Waals surface area (Å²) in [6, 6.07) is 11.2. The maximum atomic E-state index is 6.06. The van der Waals surface area contributed by atoms with E-state index in [1.165, 1.54) is 0 Å². The van der Waals surface area contributed by atoms with Crippen LogP contribution < -0.4 is 0 Å². The largest absolute Gasteiger partial charge is 0.256 e. The van der Waals surface area contributed by atoms with Crippen LogP contribution in [0.15, 0.2) is 42.6 Å². The second-order valence-electron chi connectivity index (χ2n) is 3.05. The lowest BCUT2D eigenvalue weighted by Crippen LogP contribution is -1.85. The lowest BCUT2D eigenvalue weighted by atomic mass is 10.1. The second kappa shape index (κ2) is 4.16. The molecule has 0 radical (unpaired) electrons. The highest BCUT2D eigenvalue weighted by Crippen LogP contribution is 2.25. The zero-order chi connectivity index (χ0) is 10.7. The average molecular weight is 214 g/mol. The van der Waals surface area contributed by atoms with Gasteiger partial charge in [0.05, 0.1) is 5.69 Å². The molecule has 1 aromatic heterocycles. The molecule has 0 saturated heterocycles. The predicted octanol–water partition coefficient (Wildman–Crippen LogP) is 3.38. The smallest absolute Gasteiger partial charge is 0.0729 e. The first-order valence-electron chi connectivity index (χ1n) is 4.49. The molecule has 2 rings (SSSR count). The fraction of sp³-hybridized carbons (Fsp3) is 0. The Balaban J connectivity index is 2.55. The van der Waals surface area contributed by atoms with Crippen molar-refractivity contribution < 1.29 is 0 Å². The molecule has 72 valence electrons. The lowest BCUT2D eigenvalue weighted by molar-refractivity contribution is 1.32. The van der Waals surface area contributed by atoms with Gasteiger partial charge in [0, 0.05) is 22.3 Å². The number of terminal acetylenes is 1. The van der Waals surface area contributed by atoms with Crippen molar-refractivity contribution >= 4 is 11.6 Å². The van der Waals surface area contributed by atoms with Gasteiger partial charge in [0.25, 0.3) is 0 Å².